The van der Waals surface area contributed by atoms with Crippen molar-refractivity contribution in [3.63, 3.8) is 0 Å². The maximum atomic E-state index is 12.7. The van der Waals surface area contributed by atoms with E-state index in [-0.39, 0.29) is 23.8 Å². The molecule has 0 aromatic heterocycles. The Labute approximate surface area is 247 Å². The summed E-state index contributed by atoms with van der Waals surface area (Å²) in [6.45, 7) is 2.65. The number of hydrogen-bond acceptors (Lipinski definition) is 7. The quantitative estimate of drug-likeness (QED) is 0.169. The first-order chi connectivity index (χ1) is 19.9. The van der Waals surface area contributed by atoms with E-state index in [2.05, 4.69) is 6.07 Å². The molecule has 0 spiro atoms. The monoisotopic (exact) mass is 586 g/mol. The van der Waals surface area contributed by atoms with Gasteiger partial charge < -0.3 is 24.7 Å². The molecule has 7 nitrogen and oxygen atoms in total. The van der Waals surface area contributed by atoms with Crippen LogP contribution in [0.25, 0.3) is 0 Å². The van der Waals surface area contributed by atoms with Crippen LogP contribution in [0, 0.1) is 11.3 Å². The third-order valence-corrected chi connectivity index (χ3v) is 6.99. The Morgan fingerprint density at radius 2 is 1.73 bits per heavy atom. The van der Waals surface area contributed by atoms with Crippen LogP contribution in [-0.2, 0) is 6.61 Å². The van der Waals surface area contributed by atoms with Crippen LogP contribution in [0.2, 0.25) is 10.0 Å². The molecule has 0 aliphatic carbocycles. The molecule has 4 aromatic rings. The lowest BCUT2D eigenvalue weighted by atomic mass is 9.83. The molecule has 1 unspecified atom stereocenters. The van der Waals surface area contributed by atoms with Gasteiger partial charge in [-0.25, -0.2) is 4.79 Å². The first-order valence-electron chi connectivity index (χ1n) is 12.7. The summed E-state index contributed by atoms with van der Waals surface area (Å²) in [5, 5.41) is 11.0. The zero-order valence-electron chi connectivity index (χ0n) is 21.9. The van der Waals surface area contributed by atoms with Crippen LogP contribution >= 0.6 is 23.2 Å². The lowest BCUT2D eigenvalue weighted by Gasteiger charge is -2.27. The summed E-state index contributed by atoms with van der Waals surface area (Å²) in [6.07, 6.45) is 0. The molecule has 0 bridgehead atoms. The van der Waals surface area contributed by atoms with E-state index in [9.17, 15) is 10.1 Å². The van der Waals surface area contributed by atoms with Crippen molar-refractivity contribution in [3.8, 4) is 29.1 Å². The maximum absolute atomic E-state index is 12.7. The second kappa shape index (κ2) is 12.3. The second-order valence-electron chi connectivity index (χ2n) is 9.07. The summed E-state index contributed by atoms with van der Waals surface area (Å²) in [5.41, 5.74) is 9.05. The number of esters is 1. The number of carbonyl (C=O) groups excluding carboxylic acids is 1. The Morgan fingerprint density at radius 1 is 0.951 bits per heavy atom. The van der Waals surface area contributed by atoms with Crippen molar-refractivity contribution in [1.82, 2.24) is 0 Å². The Bertz CT molecular complexity index is 1680. The number of allylic oxidation sites excluding steroid dienone is 1. The normalized spacial score (nSPS) is 14.0. The minimum atomic E-state index is -0.535. The van der Waals surface area contributed by atoms with Crippen molar-refractivity contribution in [2.45, 2.75) is 19.4 Å². The van der Waals surface area contributed by atoms with Crippen LogP contribution in [0.1, 0.15) is 39.9 Å². The number of hydrogen-bond donors (Lipinski definition) is 1. The zero-order valence-corrected chi connectivity index (χ0v) is 23.4. The minimum Gasteiger partial charge on any atom is -0.494 e. The van der Waals surface area contributed by atoms with E-state index in [1.165, 1.54) is 0 Å². The predicted octanol–water partition coefficient (Wildman–Crippen LogP) is 7.41. The smallest absolute Gasteiger partial charge is 0.343 e. The molecule has 0 saturated heterocycles. The standard InChI is InChI=1S/C32H24Cl2N2O5/c1-2-38-23-10-7-19(8-11-23)32(37)40-25-12-13-26-29(16-25)41-31(36)27(17-35)30(26)20-4-3-5-24(14-20)39-18-21-6-9-22(33)15-28(21)34/h3-16,30H,2,18,36H2,1H3. The Morgan fingerprint density at radius 3 is 2.46 bits per heavy atom. The van der Waals surface area contributed by atoms with Crippen LogP contribution in [0.5, 0.6) is 23.0 Å². The molecule has 0 fully saturated rings. The van der Waals surface area contributed by atoms with Gasteiger partial charge in [0.1, 0.15) is 41.2 Å². The zero-order chi connectivity index (χ0) is 28.9. The molecule has 4 aromatic carbocycles. The Hall–Kier alpha value is -4.64. The fraction of sp³-hybridized carbons (Fsp3) is 0.125. The number of nitrogens with two attached hydrogens (primary N) is 1. The molecule has 5 rings (SSSR count). The molecule has 206 valence electrons. The van der Waals surface area contributed by atoms with E-state index in [4.69, 9.17) is 47.9 Å². The molecule has 1 atom stereocenters. The predicted molar refractivity (Wildman–Crippen MR) is 156 cm³/mol. The molecule has 1 aliphatic rings. The Kier molecular flexibility index (Phi) is 8.34. The molecule has 1 heterocycles. The summed E-state index contributed by atoms with van der Waals surface area (Å²) in [4.78, 5) is 12.7. The van der Waals surface area contributed by atoms with E-state index in [1.54, 1.807) is 60.7 Å². The highest BCUT2D eigenvalue weighted by Crippen LogP contribution is 2.44. The summed E-state index contributed by atoms with van der Waals surface area (Å²) < 4.78 is 22.8. The second-order valence-corrected chi connectivity index (χ2v) is 9.91. The van der Waals surface area contributed by atoms with Gasteiger partial charge in [-0.3, -0.25) is 0 Å². The van der Waals surface area contributed by atoms with Crippen molar-refractivity contribution in [2.75, 3.05) is 6.61 Å². The molecular weight excluding hydrogens is 563 g/mol. The first-order valence-corrected chi connectivity index (χ1v) is 13.4. The van der Waals surface area contributed by atoms with Crippen LogP contribution in [0.3, 0.4) is 0 Å². The number of benzene rings is 4. The fourth-order valence-corrected chi connectivity index (χ4v) is 4.91. The first kappa shape index (κ1) is 27.9. The van der Waals surface area contributed by atoms with E-state index < -0.39 is 11.9 Å². The van der Waals surface area contributed by atoms with Crippen LogP contribution in [0.15, 0.2) is 96.4 Å². The van der Waals surface area contributed by atoms with Crippen molar-refractivity contribution >= 4 is 29.2 Å². The van der Waals surface area contributed by atoms with Gasteiger partial charge in [0.05, 0.1) is 18.1 Å². The van der Waals surface area contributed by atoms with Crippen molar-refractivity contribution in [1.29, 1.82) is 5.26 Å². The number of ether oxygens (including phenoxy) is 4. The molecule has 0 saturated carbocycles. The minimum absolute atomic E-state index is 0.0285. The van der Waals surface area contributed by atoms with E-state index in [1.807, 2.05) is 31.2 Å². The number of fused-ring (bicyclic) bond motifs is 1. The fourth-order valence-electron chi connectivity index (χ4n) is 4.45. The van der Waals surface area contributed by atoms with Gasteiger partial charge in [-0.05, 0) is 67.1 Å². The molecule has 0 amide bonds. The van der Waals surface area contributed by atoms with Crippen LogP contribution < -0.4 is 24.7 Å². The molecule has 9 heteroatoms. The average Bonchev–Trinajstić information content (AvgIpc) is 2.96. The summed E-state index contributed by atoms with van der Waals surface area (Å²) in [7, 11) is 0. The molecule has 0 radical (unpaired) electrons. The number of nitriles is 1. The summed E-state index contributed by atoms with van der Waals surface area (Å²) in [5.74, 6) is 0.803. The van der Waals surface area contributed by atoms with Gasteiger partial charge in [0.25, 0.3) is 0 Å². The topological polar surface area (TPSA) is 104 Å². The van der Waals surface area contributed by atoms with Gasteiger partial charge in [-0.2, -0.15) is 5.26 Å². The van der Waals surface area contributed by atoms with Crippen molar-refractivity contribution in [2.24, 2.45) is 5.73 Å². The molecule has 2 N–H and O–H groups in total. The van der Waals surface area contributed by atoms with Gasteiger partial charge >= 0.3 is 5.97 Å². The SMILES string of the molecule is CCOc1ccc(C(=O)Oc2ccc3c(c2)OC(N)=C(C#N)C3c2cccc(OCc3ccc(Cl)cc3Cl)c2)cc1. The van der Waals surface area contributed by atoms with Gasteiger partial charge in [0.2, 0.25) is 5.88 Å². The highest BCUT2D eigenvalue weighted by molar-refractivity contribution is 6.35. The van der Waals surface area contributed by atoms with Gasteiger partial charge in [0.15, 0.2) is 0 Å². The van der Waals surface area contributed by atoms with Crippen molar-refractivity contribution < 1.29 is 23.7 Å². The van der Waals surface area contributed by atoms with Gasteiger partial charge in [-0.15, -0.1) is 0 Å². The van der Waals surface area contributed by atoms with E-state index in [0.717, 1.165) is 11.1 Å². The van der Waals surface area contributed by atoms with Gasteiger partial charge in [-0.1, -0.05) is 47.5 Å². The molecule has 1 aliphatic heterocycles. The Balaban J connectivity index is 1.39. The third kappa shape index (κ3) is 6.25. The third-order valence-electron chi connectivity index (χ3n) is 6.40. The lowest BCUT2D eigenvalue weighted by Crippen LogP contribution is -2.21. The van der Waals surface area contributed by atoms with Crippen LogP contribution in [0.4, 0.5) is 0 Å². The number of nitrogens with zero attached hydrogens (tertiary/aromatic N) is 1. The number of rotatable bonds is 8. The van der Waals surface area contributed by atoms with E-state index >= 15 is 0 Å². The molecule has 41 heavy (non-hydrogen) atoms. The van der Waals surface area contributed by atoms with E-state index in [0.29, 0.717) is 45.0 Å². The van der Waals surface area contributed by atoms with Crippen LogP contribution in [-0.4, -0.2) is 12.6 Å². The molecular formula is C32H24Cl2N2O5. The lowest BCUT2D eigenvalue weighted by molar-refractivity contribution is 0.0734. The highest BCUT2D eigenvalue weighted by atomic mass is 35.5. The average molecular weight is 587 g/mol. The largest absolute Gasteiger partial charge is 0.494 e. The summed E-state index contributed by atoms with van der Waals surface area (Å²) in [6, 6.07) is 26.4. The summed E-state index contributed by atoms with van der Waals surface area (Å²) >= 11 is 12.3. The maximum Gasteiger partial charge on any atom is 0.343 e. The highest BCUT2D eigenvalue weighted by Gasteiger charge is 2.31. The van der Waals surface area contributed by atoms with Gasteiger partial charge in [0, 0.05) is 27.2 Å². The number of halogens is 2. The van der Waals surface area contributed by atoms with Crippen molar-refractivity contribution in [3.05, 3.63) is 129 Å². The number of carbonyl (C=O) groups is 1.